The van der Waals surface area contributed by atoms with Crippen molar-refractivity contribution in [1.82, 2.24) is 5.01 Å². The molecule has 0 spiro atoms. The van der Waals surface area contributed by atoms with E-state index in [0.717, 1.165) is 18.4 Å². The highest BCUT2D eigenvalue weighted by Gasteiger charge is 2.22. The number of rotatable bonds is 6. The maximum atomic E-state index is 12.4. The molecule has 0 aliphatic carbocycles. The quantitative estimate of drug-likeness (QED) is 0.408. The van der Waals surface area contributed by atoms with Gasteiger partial charge in [0.25, 0.3) is 0 Å². The van der Waals surface area contributed by atoms with Crippen molar-refractivity contribution in [2.75, 3.05) is 14.2 Å². The number of methoxy groups -OCH3 is 2. The highest BCUT2D eigenvalue weighted by molar-refractivity contribution is 5.91. The van der Waals surface area contributed by atoms with Crippen molar-refractivity contribution in [2.24, 2.45) is 5.10 Å². The molecule has 0 N–H and O–H groups in total. The SMILES string of the molecule is COc1ccc(C(=O)Oc2ccc(C=NN3C(C)CCCC3C)cc2OC)cc1. The number of hydrazone groups is 1. The van der Waals surface area contributed by atoms with Crippen LogP contribution in [0.5, 0.6) is 17.2 Å². The van der Waals surface area contributed by atoms with Crippen LogP contribution in [0.4, 0.5) is 0 Å². The average Bonchev–Trinajstić information content (AvgIpc) is 2.74. The topological polar surface area (TPSA) is 60.4 Å². The Hall–Kier alpha value is -3.02. The summed E-state index contributed by atoms with van der Waals surface area (Å²) < 4.78 is 16.0. The Morgan fingerprint density at radius 1 is 1.00 bits per heavy atom. The van der Waals surface area contributed by atoms with Gasteiger partial charge in [0, 0.05) is 12.1 Å². The summed E-state index contributed by atoms with van der Waals surface area (Å²) in [5, 5.41) is 6.84. The van der Waals surface area contributed by atoms with Crippen molar-refractivity contribution in [1.29, 1.82) is 0 Å². The number of hydrogen-bond donors (Lipinski definition) is 0. The molecule has 1 saturated heterocycles. The normalized spacial score (nSPS) is 19.2. The molecule has 3 rings (SSSR count). The minimum atomic E-state index is -0.455. The van der Waals surface area contributed by atoms with Crippen molar-refractivity contribution in [3.05, 3.63) is 53.6 Å². The Balaban J connectivity index is 1.72. The van der Waals surface area contributed by atoms with Crippen LogP contribution in [0.1, 0.15) is 49.0 Å². The van der Waals surface area contributed by atoms with Gasteiger partial charge in [-0.2, -0.15) is 5.10 Å². The van der Waals surface area contributed by atoms with Gasteiger partial charge in [-0.15, -0.1) is 0 Å². The van der Waals surface area contributed by atoms with Gasteiger partial charge in [0.1, 0.15) is 5.75 Å². The second-order valence-corrected chi connectivity index (χ2v) is 7.28. The predicted molar refractivity (Wildman–Crippen MR) is 113 cm³/mol. The Morgan fingerprint density at radius 2 is 1.69 bits per heavy atom. The van der Waals surface area contributed by atoms with E-state index < -0.39 is 5.97 Å². The maximum Gasteiger partial charge on any atom is 0.343 e. The van der Waals surface area contributed by atoms with E-state index in [4.69, 9.17) is 14.2 Å². The summed E-state index contributed by atoms with van der Waals surface area (Å²) in [6.07, 6.45) is 5.39. The van der Waals surface area contributed by atoms with E-state index in [0.29, 0.717) is 34.9 Å². The monoisotopic (exact) mass is 396 g/mol. The number of ether oxygens (including phenoxy) is 3. The van der Waals surface area contributed by atoms with E-state index in [1.165, 1.54) is 6.42 Å². The van der Waals surface area contributed by atoms with Crippen molar-refractivity contribution in [2.45, 2.75) is 45.2 Å². The van der Waals surface area contributed by atoms with Crippen LogP contribution in [-0.2, 0) is 0 Å². The summed E-state index contributed by atoms with van der Waals surface area (Å²) >= 11 is 0. The molecule has 0 bridgehead atoms. The highest BCUT2D eigenvalue weighted by atomic mass is 16.6. The zero-order valence-corrected chi connectivity index (χ0v) is 17.4. The van der Waals surface area contributed by atoms with E-state index in [-0.39, 0.29) is 0 Å². The lowest BCUT2D eigenvalue weighted by molar-refractivity contribution is 0.0729. The molecule has 2 aromatic carbocycles. The molecular formula is C23H28N2O4. The van der Waals surface area contributed by atoms with Crippen molar-refractivity contribution in [3.8, 4) is 17.2 Å². The van der Waals surface area contributed by atoms with Crippen LogP contribution in [0.25, 0.3) is 0 Å². The lowest BCUT2D eigenvalue weighted by atomic mass is 10.00. The van der Waals surface area contributed by atoms with E-state index in [2.05, 4.69) is 24.0 Å². The molecule has 2 aromatic rings. The Kier molecular flexibility index (Phi) is 6.75. The van der Waals surface area contributed by atoms with Gasteiger partial charge in [0.15, 0.2) is 11.5 Å². The standard InChI is InChI=1S/C23H28N2O4/c1-16-6-5-7-17(2)25(16)24-15-18-8-13-21(22(14-18)28-4)29-23(26)19-9-11-20(27-3)12-10-19/h8-17H,5-7H2,1-4H3. The number of piperidine rings is 1. The third-order valence-electron chi connectivity index (χ3n) is 5.20. The molecule has 0 radical (unpaired) electrons. The summed E-state index contributed by atoms with van der Waals surface area (Å²) in [7, 11) is 3.13. The maximum absolute atomic E-state index is 12.4. The molecule has 0 amide bonds. The van der Waals surface area contributed by atoms with Crippen molar-refractivity contribution >= 4 is 12.2 Å². The Bertz CT molecular complexity index is 854. The molecule has 29 heavy (non-hydrogen) atoms. The number of esters is 1. The minimum absolute atomic E-state index is 0.366. The van der Waals surface area contributed by atoms with Crippen LogP contribution in [0.2, 0.25) is 0 Å². The van der Waals surface area contributed by atoms with Gasteiger partial charge < -0.3 is 14.2 Å². The summed E-state index contributed by atoms with van der Waals surface area (Å²) in [4.78, 5) is 12.4. The molecule has 0 aromatic heterocycles. The molecule has 154 valence electrons. The molecular weight excluding hydrogens is 368 g/mol. The summed E-state index contributed by atoms with van der Waals surface area (Å²) in [5.74, 6) is 1.07. The largest absolute Gasteiger partial charge is 0.497 e. The molecule has 2 unspecified atom stereocenters. The smallest absolute Gasteiger partial charge is 0.343 e. The summed E-state index contributed by atoms with van der Waals surface area (Å²) in [5.41, 5.74) is 1.32. The van der Waals surface area contributed by atoms with Crippen LogP contribution < -0.4 is 14.2 Å². The molecule has 2 atom stereocenters. The van der Waals surface area contributed by atoms with E-state index in [1.807, 2.05) is 18.3 Å². The fourth-order valence-corrected chi connectivity index (χ4v) is 3.50. The van der Waals surface area contributed by atoms with Gasteiger partial charge in [-0.05, 0) is 81.1 Å². The van der Waals surface area contributed by atoms with Crippen LogP contribution in [0.3, 0.4) is 0 Å². The first-order valence-corrected chi connectivity index (χ1v) is 9.88. The molecule has 1 fully saturated rings. The first-order valence-electron chi connectivity index (χ1n) is 9.88. The summed E-state index contributed by atoms with van der Waals surface area (Å²) in [6.45, 7) is 4.41. The van der Waals surface area contributed by atoms with Crippen molar-refractivity contribution < 1.29 is 19.0 Å². The number of hydrogen-bond acceptors (Lipinski definition) is 6. The number of carbonyl (C=O) groups excluding carboxylic acids is 1. The minimum Gasteiger partial charge on any atom is -0.497 e. The van der Waals surface area contributed by atoms with Gasteiger partial charge in [0.05, 0.1) is 26.0 Å². The van der Waals surface area contributed by atoms with E-state index in [1.54, 1.807) is 44.6 Å². The third-order valence-corrected chi connectivity index (χ3v) is 5.20. The molecule has 0 saturated carbocycles. The van der Waals surface area contributed by atoms with Gasteiger partial charge in [-0.3, -0.25) is 5.01 Å². The fraction of sp³-hybridized carbons (Fsp3) is 0.391. The number of carbonyl (C=O) groups is 1. The highest BCUT2D eigenvalue weighted by Crippen LogP contribution is 2.29. The fourth-order valence-electron chi connectivity index (χ4n) is 3.50. The molecule has 1 aliphatic heterocycles. The van der Waals surface area contributed by atoms with Crippen LogP contribution in [-0.4, -0.2) is 43.5 Å². The van der Waals surface area contributed by atoms with Crippen LogP contribution >= 0.6 is 0 Å². The lowest BCUT2D eigenvalue weighted by Crippen LogP contribution is -2.39. The third kappa shape index (κ3) is 5.08. The average molecular weight is 396 g/mol. The first kappa shape index (κ1) is 20.7. The molecule has 1 aliphatic rings. The second-order valence-electron chi connectivity index (χ2n) is 7.28. The Labute approximate surface area is 172 Å². The zero-order valence-electron chi connectivity index (χ0n) is 17.4. The number of benzene rings is 2. The van der Waals surface area contributed by atoms with Gasteiger partial charge in [-0.1, -0.05) is 0 Å². The molecule has 6 heteroatoms. The van der Waals surface area contributed by atoms with Crippen LogP contribution in [0.15, 0.2) is 47.6 Å². The summed E-state index contributed by atoms with van der Waals surface area (Å²) in [6, 6.07) is 13.0. The van der Waals surface area contributed by atoms with Crippen LogP contribution in [0, 0.1) is 0 Å². The zero-order chi connectivity index (χ0) is 20.8. The Morgan fingerprint density at radius 3 is 2.31 bits per heavy atom. The van der Waals surface area contributed by atoms with Gasteiger partial charge in [-0.25, -0.2) is 4.79 Å². The van der Waals surface area contributed by atoms with Crippen molar-refractivity contribution in [3.63, 3.8) is 0 Å². The molecule has 6 nitrogen and oxygen atoms in total. The van der Waals surface area contributed by atoms with Gasteiger partial charge in [0.2, 0.25) is 0 Å². The molecule has 1 heterocycles. The number of nitrogens with zero attached hydrogens (tertiary/aromatic N) is 2. The first-order chi connectivity index (χ1) is 14.0. The van der Waals surface area contributed by atoms with E-state index >= 15 is 0 Å². The second kappa shape index (κ2) is 9.45. The van der Waals surface area contributed by atoms with E-state index in [9.17, 15) is 4.79 Å². The van der Waals surface area contributed by atoms with Gasteiger partial charge >= 0.3 is 5.97 Å². The lowest BCUT2D eigenvalue weighted by Gasteiger charge is -2.36. The predicted octanol–water partition coefficient (Wildman–Crippen LogP) is 4.52.